The number of primary amides is 1. The van der Waals surface area contributed by atoms with Gasteiger partial charge in [0, 0.05) is 30.6 Å². The van der Waals surface area contributed by atoms with Gasteiger partial charge < -0.3 is 11.1 Å². The van der Waals surface area contributed by atoms with E-state index in [2.05, 4.69) is 5.32 Å². The van der Waals surface area contributed by atoms with Crippen LogP contribution < -0.4 is 11.1 Å². The van der Waals surface area contributed by atoms with Crippen molar-refractivity contribution in [2.75, 3.05) is 0 Å². The van der Waals surface area contributed by atoms with E-state index in [1.54, 1.807) is 6.92 Å². The van der Waals surface area contributed by atoms with Gasteiger partial charge in [-0.3, -0.25) is 4.79 Å². The normalized spacial score (nSPS) is 12.4. The number of amides is 1. The monoisotopic (exact) mass is 228 g/mol. The lowest BCUT2D eigenvalue weighted by Gasteiger charge is -2.12. The van der Waals surface area contributed by atoms with Gasteiger partial charge in [0.15, 0.2) is 0 Å². The first kappa shape index (κ1) is 12.6. The second kappa shape index (κ2) is 5.55. The van der Waals surface area contributed by atoms with E-state index in [4.69, 9.17) is 5.73 Å². The predicted octanol–water partition coefficient (Wildman–Crippen LogP) is 1.32. The van der Waals surface area contributed by atoms with E-state index in [0.717, 1.165) is 6.07 Å². The summed E-state index contributed by atoms with van der Waals surface area (Å²) < 4.78 is 25.8. The third-order valence-corrected chi connectivity index (χ3v) is 2.16. The number of hydrogen-bond acceptors (Lipinski definition) is 2. The molecule has 0 heterocycles. The van der Waals surface area contributed by atoms with Crippen molar-refractivity contribution in [3.63, 3.8) is 0 Å². The van der Waals surface area contributed by atoms with Crippen LogP contribution in [0.1, 0.15) is 18.9 Å². The van der Waals surface area contributed by atoms with Gasteiger partial charge in [-0.05, 0) is 13.0 Å². The summed E-state index contributed by atoms with van der Waals surface area (Å²) in [6.07, 6.45) is 0.183. The lowest BCUT2D eigenvalue weighted by atomic mass is 10.1. The lowest BCUT2D eigenvalue weighted by Crippen LogP contribution is -2.30. The number of hydrogen-bond donors (Lipinski definition) is 2. The van der Waals surface area contributed by atoms with Crippen molar-refractivity contribution >= 4 is 5.91 Å². The van der Waals surface area contributed by atoms with Crippen LogP contribution in [0.2, 0.25) is 0 Å². The van der Waals surface area contributed by atoms with Crippen molar-refractivity contribution in [2.45, 2.75) is 25.9 Å². The number of nitrogens with two attached hydrogens (primary N) is 1. The van der Waals surface area contributed by atoms with Crippen LogP contribution in [0.3, 0.4) is 0 Å². The number of carbonyl (C=O) groups is 1. The topological polar surface area (TPSA) is 55.1 Å². The van der Waals surface area contributed by atoms with E-state index in [1.807, 2.05) is 0 Å². The largest absolute Gasteiger partial charge is 0.370 e. The van der Waals surface area contributed by atoms with Crippen LogP contribution >= 0.6 is 0 Å². The fourth-order valence-electron chi connectivity index (χ4n) is 1.32. The highest BCUT2D eigenvalue weighted by Crippen LogP contribution is 2.09. The molecule has 0 fully saturated rings. The lowest BCUT2D eigenvalue weighted by molar-refractivity contribution is -0.118. The third-order valence-electron chi connectivity index (χ3n) is 2.16. The van der Waals surface area contributed by atoms with Gasteiger partial charge in [-0.25, -0.2) is 8.78 Å². The smallest absolute Gasteiger partial charge is 0.218 e. The molecular formula is C11H14F2N2O. The van der Waals surface area contributed by atoms with E-state index in [-0.39, 0.29) is 19.0 Å². The fourth-order valence-corrected chi connectivity index (χ4v) is 1.32. The Morgan fingerprint density at radius 2 is 2.19 bits per heavy atom. The van der Waals surface area contributed by atoms with Gasteiger partial charge in [0.05, 0.1) is 0 Å². The number of benzene rings is 1. The third kappa shape index (κ3) is 3.94. The van der Waals surface area contributed by atoms with E-state index < -0.39 is 17.5 Å². The molecule has 0 aromatic heterocycles. The summed E-state index contributed by atoms with van der Waals surface area (Å²) in [7, 11) is 0. The molecule has 0 saturated carbocycles. The van der Waals surface area contributed by atoms with Crippen molar-refractivity contribution < 1.29 is 13.6 Å². The van der Waals surface area contributed by atoms with E-state index in [9.17, 15) is 13.6 Å². The van der Waals surface area contributed by atoms with Gasteiger partial charge in [0.1, 0.15) is 11.6 Å². The summed E-state index contributed by atoms with van der Waals surface area (Å²) in [5.41, 5.74) is 5.37. The Hall–Kier alpha value is -1.49. The molecule has 0 bridgehead atoms. The molecule has 1 atom stereocenters. The molecule has 0 radical (unpaired) electrons. The van der Waals surface area contributed by atoms with Crippen molar-refractivity contribution in [1.29, 1.82) is 0 Å². The van der Waals surface area contributed by atoms with Gasteiger partial charge in [0.2, 0.25) is 5.91 Å². The summed E-state index contributed by atoms with van der Waals surface area (Å²) in [5, 5.41) is 2.93. The van der Waals surface area contributed by atoms with Crippen molar-refractivity contribution in [3.05, 3.63) is 35.4 Å². The Morgan fingerprint density at radius 3 is 2.75 bits per heavy atom. The zero-order chi connectivity index (χ0) is 12.1. The van der Waals surface area contributed by atoms with Crippen molar-refractivity contribution in [2.24, 2.45) is 5.73 Å². The Bertz CT molecular complexity index is 382. The maximum Gasteiger partial charge on any atom is 0.218 e. The second-order valence-electron chi connectivity index (χ2n) is 3.69. The molecule has 1 unspecified atom stereocenters. The zero-order valence-electron chi connectivity index (χ0n) is 8.97. The maximum absolute atomic E-state index is 13.2. The number of rotatable bonds is 5. The number of nitrogens with one attached hydrogen (secondary N) is 1. The molecule has 1 aromatic rings. The number of carbonyl (C=O) groups excluding carboxylic acids is 1. The summed E-state index contributed by atoms with van der Waals surface area (Å²) in [5.74, 6) is -1.62. The van der Waals surface area contributed by atoms with Crippen LogP contribution in [0.25, 0.3) is 0 Å². The zero-order valence-corrected chi connectivity index (χ0v) is 8.97. The average molecular weight is 228 g/mol. The van der Waals surface area contributed by atoms with Crippen LogP contribution in [0.5, 0.6) is 0 Å². The standard InChI is InChI=1S/C11H14F2N2O/c1-7(4-11(14)16)15-6-8-2-3-9(12)5-10(8)13/h2-3,5,7,15H,4,6H2,1H3,(H2,14,16). The minimum atomic E-state index is -0.605. The van der Waals surface area contributed by atoms with Gasteiger partial charge in [-0.15, -0.1) is 0 Å². The molecule has 16 heavy (non-hydrogen) atoms. The molecular weight excluding hydrogens is 214 g/mol. The van der Waals surface area contributed by atoms with Gasteiger partial charge in [0.25, 0.3) is 0 Å². The molecule has 0 spiro atoms. The molecule has 3 N–H and O–H groups in total. The summed E-state index contributed by atoms with van der Waals surface area (Å²) >= 11 is 0. The van der Waals surface area contributed by atoms with E-state index in [0.29, 0.717) is 5.56 Å². The SMILES string of the molecule is CC(CC(N)=O)NCc1ccc(F)cc1F. The minimum absolute atomic E-state index is 0.137. The second-order valence-corrected chi connectivity index (χ2v) is 3.69. The van der Waals surface area contributed by atoms with Gasteiger partial charge in [-0.1, -0.05) is 6.07 Å². The molecule has 1 amide bonds. The first-order valence-corrected chi connectivity index (χ1v) is 4.94. The molecule has 1 rings (SSSR count). The maximum atomic E-state index is 13.2. The molecule has 3 nitrogen and oxygen atoms in total. The van der Waals surface area contributed by atoms with E-state index >= 15 is 0 Å². The van der Waals surface area contributed by atoms with Crippen LogP contribution in [0.15, 0.2) is 18.2 Å². The Kier molecular flexibility index (Phi) is 4.37. The Morgan fingerprint density at radius 1 is 1.50 bits per heavy atom. The highest BCUT2D eigenvalue weighted by atomic mass is 19.1. The first-order valence-electron chi connectivity index (χ1n) is 4.94. The van der Waals surface area contributed by atoms with Crippen LogP contribution in [0.4, 0.5) is 8.78 Å². The van der Waals surface area contributed by atoms with Gasteiger partial charge >= 0.3 is 0 Å². The summed E-state index contributed by atoms with van der Waals surface area (Å²) in [6, 6.07) is 3.26. The molecule has 0 aliphatic heterocycles. The highest BCUT2D eigenvalue weighted by molar-refractivity contribution is 5.74. The molecule has 88 valence electrons. The predicted molar refractivity (Wildman–Crippen MR) is 56.5 cm³/mol. The number of halogens is 2. The molecule has 0 aliphatic carbocycles. The first-order chi connectivity index (χ1) is 7.49. The van der Waals surface area contributed by atoms with Crippen LogP contribution in [-0.4, -0.2) is 11.9 Å². The van der Waals surface area contributed by atoms with Crippen LogP contribution in [0, 0.1) is 11.6 Å². The molecule has 1 aromatic carbocycles. The molecule has 5 heteroatoms. The van der Waals surface area contributed by atoms with Crippen molar-refractivity contribution in [3.8, 4) is 0 Å². The fraction of sp³-hybridized carbons (Fsp3) is 0.364. The minimum Gasteiger partial charge on any atom is -0.370 e. The average Bonchev–Trinajstić information content (AvgIpc) is 2.15. The molecule has 0 saturated heterocycles. The van der Waals surface area contributed by atoms with Crippen LogP contribution in [-0.2, 0) is 11.3 Å². The molecule has 0 aliphatic rings. The Labute approximate surface area is 92.6 Å². The highest BCUT2D eigenvalue weighted by Gasteiger charge is 2.07. The van der Waals surface area contributed by atoms with Gasteiger partial charge in [-0.2, -0.15) is 0 Å². The Balaban J connectivity index is 2.51. The summed E-state index contributed by atoms with van der Waals surface area (Å²) in [4.78, 5) is 10.6. The van der Waals surface area contributed by atoms with E-state index in [1.165, 1.54) is 12.1 Å². The summed E-state index contributed by atoms with van der Waals surface area (Å²) in [6.45, 7) is 2.01. The quantitative estimate of drug-likeness (QED) is 0.798. The van der Waals surface area contributed by atoms with Crippen molar-refractivity contribution in [1.82, 2.24) is 5.32 Å².